The summed E-state index contributed by atoms with van der Waals surface area (Å²) in [5, 5.41) is 10.1. The van der Waals surface area contributed by atoms with Gasteiger partial charge in [0.2, 0.25) is 0 Å². The highest BCUT2D eigenvalue weighted by Crippen LogP contribution is 2.37. The number of aromatic nitrogens is 3. The molecule has 0 aliphatic carbocycles. The molecule has 1 saturated heterocycles. The number of hydrogen-bond acceptors (Lipinski definition) is 5. The molecule has 2 aromatic heterocycles. The SMILES string of the molecule is Cc1nc2c(C(=O)O)cc(N3CCOCC3)cc2n1-c1ccnc2c(C(F)(F)F)cccc12. The van der Waals surface area contributed by atoms with Crippen molar-refractivity contribution in [2.45, 2.75) is 13.1 Å². The first-order valence-corrected chi connectivity index (χ1v) is 10.3. The van der Waals surface area contributed by atoms with Gasteiger partial charge in [-0.25, -0.2) is 9.78 Å². The number of hydrogen-bond donors (Lipinski definition) is 1. The number of alkyl halides is 3. The summed E-state index contributed by atoms with van der Waals surface area (Å²) < 4.78 is 47.8. The number of carbonyl (C=O) groups is 1. The second-order valence-electron chi connectivity index (χ2n) is 7.79. The van der Waals surface area contributed by atoms with Crippen molar-refractivity contribution in [2.24, 2.45) is 0 Å². The van der Waals surface area contributed by atoms with E-state index in [1.807, 2.05) is 11.0 Å². The Morgan fingerprint density at radius 3 is 2.58 bits per heavy atom. The molecule has 10 heteroatoms. The molecule has 0 saturated carbocycles. The first-order valence-electron chi connectivity index (χ1n) is 10.3. The maximum Gasteiger partial charge on any atom is 0.418 e. The van der Waals surface area contributed by atoms with E-state index in [9.17, 15) is 23.1 Å². The van der Waals surface area contributed by atoms with Crippen LogP contribution in [0.1, 0.15) is 21.7 Å². The number of benzene rings is 2. The number of para-hydroxylation sites is 1. The van der Waals surface area contributed by atoms with Crippen LogP contribution in [0.4, 0.5) is 18.9 Å². The van der Waals surface area contributed by atoms with Crippen molar-refractivity contribution in [2.75, 3.05) is 31.2 Å². The number of aryl methyl sites for hydroxylation is 1. The Balaban J connectivity index is 1.80. The summed E-state index contributed by atoms with van der Waals surface area (Å²) in [6, 6.07) is 8.93. The van der Waals surface area contributed by atoms with Crippen LogP contribution < -0.4 is 4.90 Å². The molecule has 0 amide bonds. The molecule has 170 valence electrons. The topological polar surface area (TPSA) is 80.5 Å². The summed E-state index contributed by atoms with van der Waals surface area (Å²) in [7, 11) is 0. The van der Waals surface area contributed by atoms with Crippen LogP contribution >= 0.6 is 0 Å². The van der Waals surface area contributed by atoms with Gasteiger partial charge in [0.1, 0.15) is 11.3 Å². The number of rotatable bonds is 3. The lowest BCUT2D eigenvalue weighted by Crippen LogP contribution is -2.36. The summed E-state index contributed by atoms with van der Waals surface area (Å²) >= 11 is 0. The number of pyridine rings is 1. The maximum atomic E-state index is 13.6. The third-order valence-corrected chi connectivity index (χ3v) is 5.81. The summed E-state index contributed by atoms with van der Waals surface area (Å²) in [5.74, 6) is -0.671. The number of fused-ring (bicyclic) bond motifs is 2. The van der Waals surface area contributed by atoms with Crippen LogP contribution in [0.15, 0.2) is 42.6 Å². The van der Waals surface area contributed by atoms with Gasteiger partial charge in [0.15, 0.2) is 0 Å². The van der Waals surface area contributed by atoms with E-state index in [2.05, 4.69) is 9.97 Å². The molecule has 4 aromatic rings. The van der Waals surface area contributed by atoms with Crippen molar-refractivity contribution in [3.63, 3.8) is 0 Å². The van der Waals surface area contributed by atoms with Gasteiger partial charge in [0.05, 0.1) is 41.1 Å². The van der Waals surface area contributed by atoms with Gasteiger partial charge >= 0.3 is 12.1 Å². The average molecular weight is 456 g/mol. The van der Waals surface area contributed by atoms with Gasteiger partial charge in [-0.1, -0.05) is 12.1 Å². The van der Waals surface area contributed by atoms with Crippen molar-refractivity contribution < 1.29 is 27.8 Å². The van der Waals surface area contributed by atoms with Gasteiger partial charge in [-0.2, -0.15) is 13.2 Å². The van der Waals surface area contributed by atoms with E-state index in [0.29, 0.717) is 54.4 Å². The summed E-state index contributed by atoms with van der Waals surface area (Å²) in [5.41, 5.74) is 0.939. The molecular formula is C23H19F3N4O3. The first-order chi connectivity index (χ1) is 15.8. The molecule has 2 aromatic carbocycles. The second-order valence-corrected chi connectivity index (χ2v) is 7.79. The molecule has 0 spiro atoms. The summed E-state index contributed by atoms with van der Waals surface area (Å²) in [6.45, 7) is 3.94. The Morgan fingerprint density at radius 1 is 1.12 bits per heavy atom. The Kier molecular flexibility index (Phi) is 4.97. The Morgan fingerprint density at radius 2 is 1.88 bits per heavy atom. The van der Waals surface area contributed by atoms with Crippen LogP contribution in [0.25, 0.3) is 27.6 Å². The molecule has 1 N–H and O–H groups in total. The van der Waals surface area contributed by atoms with Gasteiger partial charge in [0.25, 0.3) is 0 Å². The minimum atomic E-state index is -4.56. The van der Waals surface area contributed by atoms with E-state index in [4.69, 9.17) is 4.74 Å². The number of carboxylic acids is 1. The highest BCUT2D eigenvalue weighted by atomic mass is 19.4. The van der Waals surface area contributed by atoms with Gasteiger partial charge in [0, 0.05) is 30.4 Å². The number of morpholine rings is 1. The highest BCUT2D eigenvalue weighted by Gasteiger charge is 2.33. The molecule has 3 heterocycles. The molecule has 1 fully saturated rings. The van der Waals surface area contributed by atoms with Crippen molar-refractivity contribution in [3.05, 3.63) is 59.5 Å². The van der Waals surface area contributed by atoms with Crippen LogP contribution in [0.2, 0.25) is 0 Å². The van der Waals surface area contributed by atoms with E-state index in [1.165, 1.54) is 12.3 Å². The third kappa shape index (κ3) is 3.56. The zero-order chi connectivity index (χ0) is 23.3. The maximum absolute atomic E-state index is 13.6. The fourth-order valence-corrected chi connectivity index (χ4v) is 4.33. The number of ether oxygens (including phenoxy) is 1. The van der Waals surface area contributed by atoms with Crippen LogP contribution in [-0.4, -0.2) is 51.9 Å². The standard InChI is InChI=1S/C23H19F3N4O3/c1-13-28-21-16(22(31)32)11-14(29-7-9-33-10-8-29)12-19(21)30(13)18-5-6-27-20-15(18)3-2-4-17(20)23(24,25)26/h2-6,11-12H,7-10H2,1H3,(H,31,32). The quantitative estimate of drug-likeness (QED) is 0.491. The Labute approximate surface area is 186 Å². The van der Waals surface area contributed by atoms with E-state index in [0.717, 1.165) is 6.07 Å². The van der Waals surface area contributed by atoms with E-state index >= 15 is 0 Å². The largest absolute Gasteiger partial charge is 0.478 e. The fraction of sp³-hybridized carbons (Fsp3) is 0.261. The zero-order valence-electron chi connectivity index (χ0n) is 17.6. The predicted octanol–water partition coefficient (Wildman–Crippen LogP) is 4.44. The first kappa shape index (κ1) is 21.2. The molecule has 0 atom stereocenters. The number of carboxylic acid groups (broad SMARTS) is 1. The zero-order valence-corrected chi connectivity index (χ0v) is 17.6. The van der Waals surface area contributed by atoms with Gasteiger partial charge in [-0.3, -0.25) is 9.55 Å². The number of nitrogens with zero attached hydrogens (tertiary/aromatic N) is 4. The van der Waals surface area contributed by atoms with Crippen molar-refractivity contribution >= 4 is 33.6 Å². The fourth-order valence-electron chi connectivity index (χ4n) is 4.33. The predicted molar refractivity (Wildman–Crippen MR) is 116 cm³/mol. The normalized spacial score (nSPS) is 14.8. The average Bonchev–Trinajstić information content (AvgIpc) is 3.12. The highest BCUT2D eigenvalue weighted by molar-refractivity contribution is 6.04. The van der Waals surface area contributed by atoms with Gasteiger partial charge in [-0.05, 0) is 31.2 Å². The number of halogens is 3. The van der Waals surface area contributed by atoms with E-state index in [1.54, 1.807) is 29.7 Å². The van der Waals surface area contributed by atoms with Crippen LogP contribution in [0.3, 0.4) is 0 Å². The molecule has 0 bridgehead atoms. The van der Waals surface area contributed by atoms with Crippen LogP contribution in [0.5, 0.6) is 0 Å². The molecule has 33 heavy (non-hydrogen) atoms. The van der Waals surface area contributed by atoms with Gasteiger partial charge < -0.3 is 14.7 Å². The van der Waals surface area contributed by atoms with Crippen molar-refractivity contribution in [1.82, 2.24) is 14.5 Å². The number of aromatic carboxylic acids is 1. The van der Waals surface area contributed by atoms with Crippen LogP contribution in [-0.2, 0) is 10.9 Å². The number of imidazole rings is 1. The molecule has 0 unspecified atom stereocenters. The van der Waals surface area contributed by atoms with Crippen LogP contribution in [0, 0.1) is 6.92 Å². The minimum Gasteiger partial charge on any atom is -0.478 e. The minimum absolute atomic E-state index is 0.0326. The Hall–Kier alpha value is -3.66. The van der Waals surface area contributed by atoms with Gasteiger partial charge in [-0.15, -0.1) is 0 Å². The third-order valence-electron chi connectivity index (χ3n) is 5.81. The van der Waals surface area contributed by atoms with Crippen molar-refractivity contribution in [3.8, 4) is 5.69 Å². The Bertz CT molecular complexity index is 1390. The van der Waals surface area contributed by atoms with E-state index < -0.39 is 17.7 Å². The lowest BCUT2D eigenvalue weighted by Gasteiger charge is -2.29. The lowest BCUT2D eigenvalue weighted by molar-refractivity contribution is -0.136. The van der Waals surface area contributed by atoms with Crippen molar-refractivity contribution in [1.29, 1.82) is 0 Å². The molecular weight excluding hydrogens is 437 g/mol. The molecule has 1 aliphatic rings. The smallest absolute Gasteiger partial charge is 0.418 e. The molecule has 1 aliphatic heterocycles. The summed E-state index contributed by atoms with van der Waals surface area (Å²) in [6.07, 6.45) is -3.24. The number of anilines is 1. The van der Waals surface area contributed by atoms with E-state index in [-0.39, 0.29) is 16.6 Å². The molecule has 7 nitrogen and oxygen atoms in total. The monoisotopic (exact) mass is 456 g/mol. The summed E-state index contributed by atoms with van der Waals surface area (Å²) in [4.78, 5) is 22.5. The lowest BCUT2D eigenvalue weighted by atomic mass is 10.1. The molecule has 5 rings (SSSR count). The molecule has 0 radical (unpaired) electrons. The second kappa shape index (κ2) is 7.73.